The second-order valence-electron chi connectivity index (χ2n) is 6.64. The average Bonchev–Trinajstić information content (AvgIpc) is 2.67. The highest BCUT2D eigenvalue weighted by atomic mass is 16.5. The van der Waals surface area contributed by atoms with Gasteiger partial charge in [-0.05, 0) is 49.5 Å². The van der Waals surface area contributed by atoms with Crippen molar-refractivity contribution in [3.63, 3.8) is 0 Å². The number of carbonyl (C=O) groups excluding carboxylic acids is 1. The summed E-state index contributed by atoms with van der Waals surface area (Å²) in [5, 5.41) is 12.5. The minimum atomic E-state index is -0.332. The SMILES string of the molecule is C#CCOc1ccc(/C=C(\C#N)C(=O)N[C@@H]2CCCC[C@H]2C)cc1OCC. The molecule has 0 bridgehead atoms. The van der Waals surface area contributed by atoms with Crippen molar-refractivity contribution in [2.45, 2.75) is 45.6 Å². The molecule has 1 aliphatic carbocycles. The van der Waals surface area contributed by atoms with Gasteiger partial charge in [-0.25, -0.2) is 0 Å². The Morgan fingerprint density at radius 2 is 2.11 bits per heavy atom. The molecule has 0 aliphatic heterocycles. The molecule has 5 heteroatoms. The molecule has 27 heavy (non-hydrogen) atoms. The Morgan fingerprint density at radius 3 is 2.78 bits per heavy atom. The van der Waals surface area contributed by atoms with E-state index in [4.69, 9.17) is 15.9 Å². The van der Waals surface area contributed by atoms with E-state index in [0.29, 0.717) is 29.6 Å². The van der Waals surface area contributed by atoms with Gasteiger partial charge < -0.3 is 14.8 Å². The van der Waals surface area contributed by atoms with Crippen LogP contribution < -0.4 is 14.8 Å². The van der Waals surface area contributed by atoms with Crippen molar-refractivity contribution in [1.82, 2.24) is 5.32 Å². The quantitative estimate of drug-likeness (QED) is 0.454. The minimum Gasteiger partial charge on any atom is -0.490 e. The lowest BCUT2D eigenvalue weighted by atomic mass is 9.86. The van der Waals surface area contributed by atoms with E-state index in [-0.39, 0.29) is 24.1 Å². The molecule has 1 aromatic rings. The lowest BCUT2D eigenvalue weighted by Crippen LogP contribution is -2.41. The molecule has 1 saturated carbocycles. The van der Waals surface area contributed by atoms with Gasteiger partial charge in [0.2, 0.25) is 0 Å². The number of rotatable bonds is 7. The molecule has 1 N–H and O–H groups in total. The van der Waals surface area contributed by atoms with E-state index in [1.807, 2.05) is 13.0 Å². The summed E-state index contributed by atoms with van der Waals surface area (Å²) in [7, 11) is 0. The van der Waals surface area contributed by atoms with Crippen LogP contribution >= 0.6 is 0 Å². The molecule has 0 aromatic heterocycles. The van der Waals surface area contributed by atoms with Crippen molar-refractivity contribution in [3.8, 4) is 29.9 Å². The number of benzene rings is 1. The predicted octanol–water partition coefficient (Wildman–Crippen LogP) is 3.70. The van der Waals surface area contributed by atoms with E-state index < -0.39 is 0 Å². The van der Waals surface area contributed by atoms with Crippen molar-refractivity contribution in [2.24, 2.45) is 5.92 Å². The first-order valence-electron chi connectivity index (χ1n) is 9.34. The maximum atomic E-state index is 12.5. The molecule has 5 nitrogen and oxygen atoms in total. The number of nitrogens with zero attached hydrogens (tertiary/aromatic N) is 1. The molecule has 0 unspecified atom stereocenters. The van der Waals surface area contributed by atoms with Crippen molar-refractivity contribution >= 4 is 12.0 Å². The first kappa shape index (κ1) is 20.4. The second kappa shape index (κ2) is 10.3. The molecule has 1 fully saturated rings. The molecule has 0 heterocycles. The molecular weight excluding hydrogens is 340 g/mol. The van der Waals surface area contributed by atoms with Crippen LogP contribution in [0.2, 0.25) is 0 Å². The standard InChI is InChI=1S/C22H26N2O3/c1-4-12-27-20-11-10-17(14-21(20)26-5-2)13-18(15-23)22(25)24-19-9-7-6-8-16(19)3/h1,10-11,13-14,16,19H,5-9,12H2,2-3H3,(H,24,25)/b18-13+/t16-,19-/m1/s1. The monoisotopic (exact) mass is 366 g/mol. The van der Waals surface area contributed by atoms with Crippen LogP contribution in [0, 0.1) is 29.6 Å². The predicted molar refractivity (Wildman–Crippen MR) is 105 cm³/mol. The third-order valence-electron chi connectivity index (χ3n) is 4.68. The normalized spacial score (nSPS) is 19.5. The summed E-state index contributed by atoms with van der Waals surface area (Å²) in [6.07, 6.45) is 11.2. The van der Waals surface area contributed by atoms with Crippen LogP contribution in [-0.2, 0) is 4.79 Å². The Morgan fingerprint density at radius 1 is 1.33 bits per heavy atom. The third-order valence-corrected chi connectivity index (χ3v) is 4.68. The molecule has 0 spiro atoms. The molecule has 0 saturated heterocycles. The van der Waals surface area contributed by atoms with E-state index >= 15 is 0 Å². The van der Waals surface area contributed by atoms with Gasteiger partial charge in [0.1, 0.15) is 18.2 Å². The van der Waals surface area contributed by atoms with Gasteiger partial charge in [0, 0.05) is 6.04 Å². The summed E-state index contributed by atoms with van der Waals surface area (Å²) >= 11 is 0. The number of nitrogens with one attached hydrogen (secondary N) is 1. The van der Waals surface area contributed by atoms with Crippen LogP contribution in [0.5, 0.6) is 11.5 Å². The van der Waals surface area contributed by atoms with Crippen molar-refractivity contribution in [2.75, 3.05) is 13.2 Å². The smallest absolute Gasteiger partial charge is 0.262 e. The Hall–Kier alpha value is -2.92. The zero-order valence-corrected chi connectivity index (χ0v) is 16.0. The topological polar surface area (TPSA) is 71.3 Å². The number of hydrogen-bond acceptors (Lipinski definition) is 4. The molecule has 2 atom stereocenters. The highest BCUT2D eigenvalue weighted by molar-refractivity contribution is 6.01. The zero-order valence-electron chi connectivity index (χ0n) is 16.0. The van der Waals surface area contributed by atoms with Crippen LogP contribution in [0.1, 0.15) is 45.1 Å². The fourth-order valence-corrected chi connectivity index (χ4v) is 3.21. The molecule has 142 valence electrons. The van der Waals surface area contributed by atoms with Crippen LogP contribution in [0.25, 0.3) is 6.08 Å². The van der Waals surface area contributed by atoms with E-state index in [2.05, 4.69) is 18.2 Å². The third kappa shape index (κ3) is 5.79. The van der Waals surface area contributed by atoms with Gasteiger partial charge in [-0.15, -0.1) is 6.42 Å². The van der Waals surface area contributed by atoms with Gasteiger partial charge in [-0.1, -0.05) is 31.8 Å². The average molecular weight is 366 g/mol. The zero-order chi connectivity index (χ0) is 19.6. The lowest BCUT2D eigenvalue weighted by Gasteiger charge is -2.29. The van der Waals surface area contributed by atoms with Crippen molar-refractivity contribution < 1.29 is 14.3 Å². The number of hydrogen-bond donors (Lipinski definition) is 1. The van der Waals surface area contributed by atoms with Crippen molar-refractivity contribution in [3.05, 3.63) is 29.3 Å². The Kier molecular flexibility index (Phi) is 7.77. The molecule has 2 rings (SSSR count). The summed E-state index contributed by atoms with van der Waals surface area (Å²) < 4.78 is 11.0. The van der Waals surface area contributed by atoms with Crippen LogP contribution in [-0.4, -0.2) is 25.2 Å². The van der Waals surface area contributed by atoms with Gasteiger partial charge in [-0.2, -0.15) is 5.26 Å². The summed E-state index contributed by atoms with van der Waals surface area (Å²) in [5.74, 6) is 3.57. The van der Waals surface area contributed by atoms with Crippen LogP contribution in [0.3, 0.4) is 0 Å². The van der Waals surface area contributed by atoms with Gasteiger partial charge in [0.15, 0.2) is 11.5 Å². The Labute approximate surface area is 161 Å². The Balaban J connectivity index is 2.18. The summed E-state index contributed by atoms with van der Waals surface area (Å²) in [4.78, 5) is 12.5. The number of amides is 1. The van der Waals surface area contributed by atoms with E-state index in [1.54, 1.807) is 24.3 Å². The number of terminal acetylenes is 1. The van der Waals surface area contributed by atoms with Crippen LogP contribution in [0.4, 0.5) is 0 Å². The van der Waals surface area contributed by atoms with E-state index in [0.717, 1.165) is 19.3 Å². The molecule has 1 amide bonds. The molecule has 0 radical (unpaired) electrons. The number of ether oxygens (including phenoxy) is 2. The molecule has 1 aliphatic rings. The minimum absolute atomic E-state index is 0.0764. The molecule has 1 aromatic carbocycles. The highest BCUT2D eigenvalue weighted by Gasteiger charge is 2.24. The number of nitriles is 1. The first-order chi connectivity index (χ1) is 13.1. The second-order valence-corrected chi connectivity index (χ2v) is 6.64. The first-order valence-corrected chi connectivity index (χ1v) is 9.34. The van der Waals surface area contributed by atoms with E-state index in [9.17, 15) is 10.1 Å². The lowest BCUT2D eigenvalue weighted by molar-refractivity contribution is -0.118. The summed E-state index contributed by atoms with van der Waals surface area (Å²) in [6, 6.07) is 7.36. The van der Waals surface area contributed by atoms with Gasteiger partial charge in [0.25, 0.3) is 5.91 Å². The maximum Gasteiger partial charge on any atom is 0.262 e. The Bertz CT molecular complexity index is 771. The fourth-order valence-electron chi connectivity index (χ4n) is 3.21. The fraction of sp³-hybridized carbons (Fsp3) is 0.455. The largest absolute Gasteiger partial charge is 0.490 e. The maximum absolute atomic E-state index is 12.5. The highest BCUT2D eigenvalue weighted by Crippen LogP contribution is 2.29. The van der Waals surface area contributed by atoms with Gasteiger partial charge in [-0.3, -0.25) is 4.79 Å². The summed E-state index contributed by atoms with van der Waals surface area (Å²) in [5.41, 5.74) is 0.766. The van der Waals surface area contributed by atoms with Gasteiger partial charge >= 0.3 is 0 Å². The molecular formula is C22H26N2O3. The number of carbonyl (C=O) groups is 1. The van der Waals surface area contributed by atoms with Crippen molar-refractivity contribution in [1.29, 1.82) is 5.26 Å². The van der Waals surface area contributed by atoms with E-state index in [1.165, 1.54) is 6.42 Å². The summed E-state index contributed by atoms with van der Waals surface area (Å²) in [6.45, 7) is 4.61. The van der Waals surface area contributed by atoms with Crippen LogP contribution in [0.15, 0.2) is 23.8 Å². The van der Waals surface area contributed by atoms with Gasteiger partial charge in [0.05, 0.1) is 6.61 Å².